The molecule has 0 atom stereocenters. The van der Waals surface area contributed by atoms with E-state index in [0.29, 0.717) is 0 Å². The first-order valence-electron chi connectivity index (χ1n) is 0. The second kappa shape index (κ2) is 29.1. The van der Waals surface area contributed by atoms with Gasteiger partial charge < -0.3 is 5.48 Å². The maximum atomic E-state index is 0. The molecule has 0 aromatic rings. The fourth-order valence-electron chi connectivity index (χ4n) is 0. The van der Waals surface area contributed by atoms with E-state index in [2.05, 4.69) is 0 Å². The van der Waals surface area contributed by atoms with E-state index in [4.69, 9.17) is 0 Å². The van der Waals surface area contributed by atoms with Gasteiger partial charge in [-0.05, 0) is 0 Å². The van der Waals surface area contributed by atoms with Crippen LogP contribution in [0.5, 0.6) is 0 Å². The predicted octanol–water partition coefficient (Wildman–Crippen LogP) is -0.885. The zero-order valence-electron chi connectivity index (χ0n) is 2.14. The molecular formula is IrOSbSnV+8. The first-order valence-corrected chi connectivity index (χ1v) is 0. The Hall–Kier alpha value is 2.81. The monoisotopic (exact) mass is 501 g/mol. The molecule has 0 N–H and O–H groups in total. The fourth-order valence-corrected chi connectivity index (χ4v) is 0. The van der Waals surface area contributed by atoms with Gasteiger partial charge in [-0.2, -0.15) is 0 Å². The van der Waals surface area contributed by atoms with Crippen LogP contribution in [-0.2, 0) is 44.1 Å². The summed E-state index contributed by atoms with van der Waals surface area (Å²) in [5.74, 6) is 0. The van der Waals surface area contributed by atoms with Gasteiger partial charge in [-0.3, -0.25) is 0 Å². The molecule has 0 aliphatic carbocycles. The Kier molecular flexibility index (Phi) is 267. The van der Waals surface area contributed by atoms with E-state index >= 15 is 0 Å². The summed E-state index contributed by atoms with van der Waals surface area (Å²) in [6, 6.07) is 0. The molecule has 0 saturated heterocycles. The van der Waals surface area contributed by atoms with Crippen LogP contribution in [0.4, 0.5) is 0 Å². The van der Waals surface area contributed by atoms with E-state index in [-0.39, 0.29) is 92.5 Å². The van der Waals surface area contributed by atoms with Crippen LogP contribution in [0.3, 0.4) is 0 Å². The summed E-state index contributed by atoms with van der Waals surface area (Å²) < 4.78 is 0. The average Bonchev–Trinajstić information content (AvgIpc) is 0. The van der Waals surface area contributed by atoms with Gasteiger partial charge in [-0.15, -0.1) is 0 Å². The molecule has 0 rings (SSSR count). The zero-order chi connectivity index (χ0) is 0. The molecule has 0 heterocycles. The van der Waals surface area contributed by atoms with Gasteiger partial charge in [0.25, 0.3) is 0 Å². The van der Waals surface area contributed by atoms with Gasteiger partial charge in [0.2, 0.25) is 0 Å². The van der Waals surface area contributed by atoms with Crippen molar-refractivity contribution in [3.8, 4) is 0 Å². The number of hydrogen-bond acceptors (Lipinski definition) is 0. The molecule has 0 saturated carbocycles. The van der Waals surface area contributed by atoms with Gasteiger partial charge in [-0.25, -0.2) is 0 Å². The van der Waals surface area contributed by atoms with Crippen molar-refractivity contribution in [2.75, 3.05) is 0 Å². The Balaban J connectivity index is 0. The van der Waals surface area contributed by atoms with Crippen LogP contribution < -0.4 is 0 Å². The fraction of sp³-hybridized carbons (Fsp3) is 0. The predicted molar refractivity (Wildman–Crippen MR) is 12.2 cm³/mol. The quantitative estimate of drug-likeness (QED) is 0.388. The van der Waals surface area contributed by atoms with Gasteiger partial charge in [-0.1, -0.05) is 0 Å². The van der Waals surface area contributed by atoms with Crippen LogP contribution in [0.2, 0.25) is 0 Å². The van der Waals surface area contributed by atoms with Gasteiger partial charge in [0, 0.05) is 18.6 Å². The van der Waals surface area contributed by atoms with Gasteiger partial charge >= 0.3 is 68.4 Å². The van der Waals surface area contributed by atoms with E-state index in [0.717, 1.165) is 0 Å². The first kappa shape index (κ1) is 45.9. The minimum Gasteiger partial charge on any atom is -2.00 e. The minimum atomic E-state index is 0. The number of hydrogen-bond donors (Lipinski definition) is 0. The second-order valence-corrected chi connectivity index (χ2v) is 0. The van der Waals surface area contributed by atoms with Gasteiger partial charge in [0.1, 0.15) is 0 Å². The SMILES string of the molecule is [Ir+3].[O-2].[Sb+3].[Sn+4].[V]. The van der Waals surface area contributed by atoms with Crippen molar-refractivity contribution < 1.29 is 44.1 Å². The van der Waals surface area contributed by atoms with Crippen molar-refractivity contribution in [3.63, 3.8) is 0 Å². The maximum absolute atomic E-state index is 0. The van der Waals surface area contributed by atoms with Crippen LogP contribution in [0.25, 0.3) is 0 Å². The Morgan fingerprint density at radius 1 is 1.00 bits per heavy atom. The van der Waals surface area contributed by atoms with Crippen LogP contribution in [0.15, 0.2) is 0 Å². The van der Waals surface area contributed by atoms with E-state index in [1.807, 2.05) is 0 Å². The molecule has 5 heavy (non-hydrogen) atoms. The van der Waals surface area contributed by atoms with Crippen LogP contribution in [-0.4, -0.2) is 48.3 Å². The number of rotatable bonds is 0. The van der Waals surface area contributed by atoms with E-state index in [1.165, 1.54) is 0 Å². The Morgan fingerprint density at radius 3 is 1.00 bits per heavy atom. The summed E-state index contributed by atoms with van der Waals surface area (Å²) in [5.41, 5.74) is 0. The summed E-state index contributed by atoms with van der Waals surface area (Å²) in [6.45, 7) is 0. The summed E-state index contributed by atoms with van der Waals surface area (Å²) in [4.78, 5) is 0. The molecule has 0 spiro atoms. The summed E-state index contributed by atoms with van der Waals surface area (Å²) >= 11 is 0. The van der Waals surface area contributed by atoms with Crippen LogP contribution in [0.1, 0.15) is 0 Å². The molecule has 0 amide bonds. The largest absolute Gasteiger partial charge is 4.00 e. The third kappa shape index (κ3) is 20.0. The molecule has 5 heteroatoms. The molecular weight excluding hydrogens is 500 g/mol. The summed E-state index contributed by atoms with van der Waals surface area (Å²) in [6.07, 6.45) is 0. The molecule has 0 aromatic carbocycles. The third-order valence-electron chi connectivity index (χ3n) is 0. The molecule has 21 valence electrons. The van der Waals surface area contributed by atoms with E-state index in [1.54, 1.807) is 0 Å². The topological polar surface area (TPSA) is 28.5 Å². The Labute approximate surface area is 91.0 Å². The van der Waals surface area contributed by atoms with Crippen molar-refractivity contribution in [3.05, 3.63) is 0 Å². The van der Waals surface area contributed by atoms with Crippen molar-refractivity contribution in [2.45, 2.75) is 0 Å². The van der Waals surface area contributed by atoms with Crippen molar-refractivity contribution >= 4 is 48.3 Å². The average molecular weight is 500 g/mol. The van der Waals surface area contributed by atoms with Crippen molar-refractivity contribution in [2.24, 2.45) is 0 Å². The van der Waals surface area contributed by atoms with Gasteiger partial charge in [0.15, 0.2) is 0 Å². The molecule has 0 aliphatic rings. The molecule has 0 bridgehead atoms. The van der Waals surface area contributed by atoms with Crippen molar-refractivity contribution in [1.29, 1.82) is 0 Å². The summed E-state index contributed by atoms with van der Waals surface area (Å²) in [5, 5.41) is 0. The minimum absolute atomic E-state index is 0. The van der Waals surface area contributed by atoms with Crippen LogP contribution >= 0.6 is 0 Å². The molecule has 0 aromatic heterocycles. The maximum Gasteiger partial charge on any atom is 4.00 e. The smallest absolute Gasteiger partial charge is 2.00 e. The second-order valence-electron chi connectivity index (χ2n) is 0. The third-order valence-corrected chi connectivity index (χ3v) is 0. The van der Waals surface area contributed by atoms with Gasteiger partial charge in [0.05, 0.1) is 0 Å². The van der Waals surface area contributed by atoms with E-state index < -0.39 is 0 Å². The molecule has 3 radical (unpaired) electrons. The Bertz CT molecular complexity index is 11.6. The molecule has 1 nitrogen and oxygen atoms in total. The molecule has 0 aliphatic heterocycles. The zero-order valence-corrected chi connectivity index (χ0v) is 11.3. The normalized spacial score (nSPS) is 0. The van der Waals surface area contributed by atoms with E-state index in [9.17, 15) is 0 Å². The molecule has 0 fully saturated rings. The Morgan fingerprint density at radius 2 is 1.00 bits per heavy atom. The summed E-state index contributed by atoms with van der Waals surface area (Å²) in [7, 11) is 0. The van der Waals surface area contributed by atoms with Crippen molar-refractivity contribution in [1.82, 2.24) is 0 Å². The van der Waals surface area contributed by atoms with Crippen LogP contribution in [0, 0.1) is 0 Å². The molecule has 0 unspecified atom stereocenters. The first-order chi connectivity index (χ1) is 0. The standard InChI is InChI=1S/Ir.O.Sb.Sn.V/q+3;-2;+3;+4;.